The van der Waals surface area contributed by atoms with Crippen molar-refractivity contribution in [2.45, 2.75) is 24.9 Å². The van der Waals surface area contributed by atoms with E-state index in [1.54, 1.807) is 18.2 Å². The number of ether oxygens (including phenoxy) is 1. The first-order valence-corrected chi connectivity index (χ1v) is 9.76. The molecule has 1 saturated heterocycles. The predicted molar refractivity (Wildman–Crippen MR) is 111 cm³/mol. The highest BCUT2D eigenvalue weighted by Gasteiger charge is 2.52. The molecule has 1 fully saturated rings. The van der Waals surface area contributed by atoms with Crippen molar-refractivity contribution in [3.05, 3.63) is 53.6 Å². The first-order valence-electron chi connectivity index (χ1n) is 9.76. The second-order valence-corrected chi connectivity index (χ2v) is 8.07. The Hall–Kier alpha value is -3.26. The summed E-state index contributed by atoms with van der Waals surface area (Å²) in [6, 6.07) is 11.5. The first-order chi connectivity index (χ1) is 14.2. The van der Waals surface area contributed by atoms with Crippen LogP contribution in [0.3, 0.4) is 0 Å². The molecule has 0 aromatic heterocycles. The molecule has 2 unspecified atom stereocenters. The Morgan fingerprint density at radius 3 is 2.67 bits per heavy atom. The molecular weight excluding hydrogens is 386 g/mol. The summed E-state index contributed by atoms with van der Waals surface area (Å²) in [5.41, 5.74) is 2.25. The second kappa shape index (κ2) is 7.21. The number of fused-ring (bicyclic) bond motifs is 3. The molecule has 2 aliphatic rings. The maximum absolute atomic E-state index is 12.4. The number of amides is 1. The number of hydroxylamine groups is 2. The van der Waals surface area contributed by atoms with Gasteiger partial charge in [-0.3, -0.25) is 4.90 Å². The third-order valence-corrected chi connectivity index (χ3v) is 6.11. The normalized spacial score (nSPS) is 22.4. The van der Waals surface area contributed by atoms with E-state index >= 15 is 0 Å². The number of nitrogens with zero attached hydrogens (tertiary/aromatic N) is 3. The zero-order valence-corrected chi connectivity index (χ0v) is 17.5. The average molecular weight is 411 g/mol. The first kappa shape index (κ1) is 20.0. The molecule has 2 aromatic carbocycles. The van der Waals surface area contributed by atoms with Crippen molar-refractivity contribution in [2.24, 2.45) is 0 Å². The molecule has 0 aliphatic carbocycles. The lowest BCUT2D eigenvalue weighted by molar-refractivity contribution is -0.0680. The number of phenolic OH excluding ortho intramolecular Hbond substituents is 1. The van der Waals surface area contributed by atoms with Crippen LogP contribution in [-0.4, -0.2) is 61.0 Å². The van der Waals surface area contributed by atoms with Gasteiger partial charge in [0, 0.05) is 30.8 Å². The molecule has 0 bridgehead atoms. The Balaban J connectivity index is 1.47. The van der Waals surface area contributed by atoms with Gasteiger partial charge in [0.15, 0.2) is 0 Å². The summed E-state index contributed by atoms with van der Waals surface area (Å²) < 4.78 is 5.41. The molecule has 8 nitrogen and oxygen atoms in total. The van der Waals surface area contributed by atoms with Gasteiger partial charge in [0.05, 0.1) is 13.2 Å². The van der Waals surface area contributed by atoms with Crippen molar-refractivity contribution >= 4 is 17.7 Å². The fraction of sp³-hybridized carbons (Fsp3) is 0.364. The predicted octanol–water partition coefficient (Wildman–Crippen LogP) is 2.96. The van der Waals surface area contributed by atoms with Gasteiger partial charge >= 0.3 is 12.1 Å². The summed E-state index contributed by atoms with van der Waals surface area (Å²) >= 11 is 0. The highest BCUT2D eigenvalue weighted by atomic mass is 16.7. The van der Waals surface area contributed by atoms with E-state index in [1.165, 1.54) is 24.7 Å². The molecule has 0 spiro atoms. The molecule has 8 heteroatoms. The number of carbonyl (C=O) groups is 2. The number of phenols is 1. The number of rotatable bonds is 2. The van der Waals surface area contributed by atoms with Gasteiger partial charge in [-0.25, -0.2) is 9.59 Å². The minimum Gasteiger partial charge on any atom is -0.507 e. The maximum Gasteiger partial charge on any atom is 0.448 e. The van der Waals surface area contributed by atoms with Crippen LogP contribution in [-0.2, 0) is 10.3 Å². The third kappa shape index (κ3) is 3.13. The van der Waals surface area contributed by atoms with Crippen molar-refractivity contribution < 1.29 is 24.3 Å². The van der Waals surface area contributed by atoms with E-state index < -0.39 is 12.1 Å². The van der Waals surface area contributed by atoms with Gasteiger partial charge in [-0.15, -0.1) is 5.06 Å². The van der Waals surface area contributed by atoms with Crippen LogP contribution in [0, 0.1) is 0 Å². The molecule has 2 heterocycles. The SMILES string of the molecule is CN(OC(=O)c1ccccc1O)C(=O)Oc1ccc2c(c1)N(C)C1N(C)CCC21C. The van der Waals surface area contributed by atoms with E-state index in [9.17, 15) is 14.7 Å². The fourth-order valence-electron chi connectivity index (χ4n) is 4.65. The Labute approximate surface area is 175 Å². The average Bonchev–Trinajstić information content (AvgIpc) is 3.13. The van der Waals surface area contributed by atoms with Gasteiger partial charge in [0.2, 0.25) is 0 Å². The van der Waals surface area contributed by atoms with E-state index in [2.05, 4.69) is 23.8 Å². The molecule has 0 radical (unpaired) electrons. The van der Waals surface area contributed by atoms with Gasteiger partial charge in [-0.1, -0.05) is 25.1 Å². The van der Waals surface area contributed by atoms with Crippen molar-refractivity contribution in [3.63, 3.8) is 0 Å². The highest BCUT2D eigenvalue weighted by Crippen LogP contribution is 2.51. The molecule has 0 saturated carbocycles. The van der Waals surface area contributed by atoms with Crippen LogP contribution in [0.5, 0.6) is 11.5 Å². The number of hydrogen-bond donors (Lipinski definition) is 1. The third-order valence-electron chi connectivity index (χ3n) is 6.11. The van der Waals surface area contributed by atoms with Crippen LogP contribution in [0.25, 0.3) is 0 Å². The zero-order chi connectivity index (χ0) is 21.6. The van der Waals surface area contributed by atoms with Crippen LogP contribution >= 0.6 is 0 Å². The molecule has 2 aromatic rings. The van der Waals surface area contributed by atoms with Crippen molar-refractivity contribution in [3.8, 4) is 11.5 Å². The molecule has 30 heavy (non-hydrogen) atoms. The Bertz CT molecular complexity index is 1010. The summed E-state index contributed by atoms with van der Waals surface area (Å²) in [6.07, 6.45) is 0.485. The van der Waals surface area contributed by atoms with E-state index in [0.29, 0.717) is 10.8 Å². The Kier molecular flexibility index (Phi) is 4.82. The number of carbonyl (C=O) groups excluding carboxylic acids is 2. The number of para-hydroxylation sites is 1. The fourth-order valence-corrected chi connectivity index (χ4v) is 4.65. The number of benzene rings is 2. The van der Waals surface area contributed by atoms with E-state index in [-0.39, 0.29) is 22.9 Å². The molecule has 1 N–H and O–H groups in total. The standard InChI is InChI=1S/C22H25N3O5/c1-22-11-12-23(2)20(22)24(3)17-13-14(9-10-16(17)22)29-21(28)25(4)30-19(27)15-7-5-6-8-18(15)26/h5-10,13,20,26H,11-12H2,1-4H3. The maximum atomic E-state index is 12.4. The number of aromatic hydroxyl groups is 1. The van der Waals surface area contributed by atoms with Gasteiger partial charge in [0.1, 0.15) is 17.1 Å². The molecule has 2 atom stereocenters. The van der Waals surface area contributed by atoms with Crippen LogP contribution < -0.4 is 9.64 Å². The Morgan fingerprint density at radius 1 is 1.20 bits per heavy atom. The highest BCUT2D eigenvalue weighted by molar-refractivity contribution is 5.92. The van der Waals surface area contributed by atoms with Gasteiger partial charge in [-0.05, 0) is 37.2 Å². The van der Waals surface area contributed by atoms with Crippen LogP contribution in [0.4, 0.5) is 10.5 Å². The lowest BCUT2D eigenvalue weighted by atomic mass is 9.81. The number of hydrogen-bond acceptors (Lipinski definition) is 7. The van der Waals surface area contributed by atoms with Gasteiger partial charge in [0.25, 0.3) is 0 Å². The van der Waals surface area contributed by atoms with E-state index in [1.807, 2.05) is 19.2 Å². The quantitative estimate of drug-likeness (QED) is 0.761. The monoisotopic (exact) mass is 411 g/mol. The molecule has 4 rings (SSSR count). The largest absolute Gasteiger partial charge is 0.507 e. The minimum absolute atomic E-state index is 0.0331. The van der Waals surface area contributed by atoms with Crippen molar-refractivity contribution in [2.75, 3.05) is 32.6 Å². The summed E-state index contributed by atoms with van der Waals surface area (Å²) in [4.78, 5) is 34.1. The lowest BCUT2D eigenvalue weighted by Crippen LogP contribution is -2.45. The number of anilines is 1. The van der Waals surface area contributed by atoms with E-state index in [4.69, 9.17) is 9.57 Å². The Morgan fingerprint density at radius 2 is 1.93 bits per heavy atom. The van der Waals surface area contributed by atoms with Crippen LogP contribution in [0.1, 0.15) is 29.3 Å². The second-order valence-electron chi connectivity index (χ2n) is 8.07. The molecule has 2 aliphatic heterocycles. The minimum atomic E-state index is -0.856. The summed E-state index contributed by atoms with van der Waals surface area (Å²) in [5, 5.41) is 10.4. The van der Waals surface area contributed by atoms with Crippen molar-refractivity contribution in [1.29, 1.82) is 0 Å². The lowest BCUT2D eigenvalue weighted by Gasteiger charge is -2.32. The summed E-state index contributed by atoms with van der Waals surface area (Å²) in [6.45, 7) is 3.30. The van der Waals surface area contributed by atoms with Gasteiger partial charge in [-0.2, -0.15) is 0 Å². The van der Waals surface area contributed by atoms with Crippen LogP contribution in [0.2, 0.25) is 0 Å². The molecular formula is C22H25N3O5. The summed E-state index contributed by atoms with van der Waals surface area (Å²) in [5.74, 6) is -0.720. The zero-order valence-electron chi connectivity index (χ0n) is 17.5. The van der Waals surface area contributed by atoms with Gasteiger partial charge < -0.3 is 19.6 Å². The van der Waals surface area contributed by atoms with Crippen LogP contribution in [0.15, 0.2) is 42.5 Å². The van der Waals surface area contributed by atoms with E-state index in [0.717, 1.165) is 18.7 Å². The molecule has 1 amide bonds. The molecule has 158 valence electrons. The number of likely N-dealkylation sites (tertiary alicyclic amines) is 1. The summed E-state index contributed by atoms with van der Waals surface area (Å²) in [7, 11) is 5.44. The topological polar surface area (TPSA) is 82.5 Å². The smallest absolute Gasteiger partial charge is 0.448 e. The number of likely N-dealkylation sites (N-methyl/N-ethyl adjacent to an activating group) is 2. The van der Waals surface area contributed by atoms with Crippen molar-refractivity contribution in [1.82, 2.24) is 9.96 Å².